The molecule has 0 unspecified atom stereocenters. The molecule has 0 amide bonds. The second kappa shape index (κ2) is 7.05. The van der Waals surface area contributed by atoms with Crippen molar-refractivity contribution >= 4 is 17.5 Å². The summed E-state index contributed by atoms with van der Waals surface area (Å²) in [6, 6.07) is 8.73. The van der Waals surface area contributed by atoms with Crippen LogP contribution in [0.15, 0.2) is 42.6 Å². The predicted molar refractivity (Wildman–Crippen MR) is 85.3 cm³/mol. The fraction of sp³-hybridized carbons (Fsp3) is 0.250. The van der Waals surface area contributed by atoms with Gasteiger partial charge in [0.05, 0.1) is 23.7 Å². The van der Waals surface area contributed by atoms with E-state index >= 15 is 0 Å². The topological polar surface area (TPSA) is 94.8 Å². The van der Waals surface area contributed by atoms with E-state index in [-0.39, 0.29) is 11.4 Å². The van der Waals surface area contributed by atoms with Gasteiger partial charge in [0.25, 0.3) is 5.69 Å². The third-order valence-corrected chi connectivity index (χ3v) is 3.58. The van der Waals surface area contributed by atoms with Crippen molar-refractivity contribution in [2.75, 3.05) is 31.2 Å². The summed E-state index contributed by atoms with van der Waals surface area (Å²) >= 11 is 0. The Morgan fingerprint density at radius 1 is 1.17 bits per heavy atom. The Balaban J connectivity index is 1.65. The fourth-order valence-electron chi connectivity index (χ4n) is 2.29. The molecule has 0 N–H and O–H groups in total. The number of anilines is 1. The number of ether oxygens (including phenoxy) is 2. The summed E-state index contributed by atoms with van der Waals surface area (Å²) in [6.07, 6.45) is 1.46. The fourth-order valence-corrected chi connectivity index (χ4v) is 2.29. The molecule has 3 rings (SSSR count). The molecular formula is C16H15N3O5. The molecule has 2 heterocycles. The summed E-state index contributed by atoms with van der Waals surface area (Å²) in [4.78, 5) is 28.5. The van der Waals surface area contributed by atoms with E-state index in [9.17, 15) is 14.9 Å². The van der Waals surface area contributed by atoms with Gasteiger partial charge in [-0.05, 0) is 24.3 Å². The maximum absolute atomic E-state index is 12.1. The minimum absolute atomic E-state index is 0.0636. The van der Waals surface area contributed by atoms with Crippen LogP contribution >= 0.6 is 0 Å². The van der Waals surface area contributed by atoms with Crippen LogP contribution in [0.4, 0.5) is 11.5 Å². The number of aromatic nitrogens is 1. The van der Waals surface area contributed by atoms with Gasteiger partial charge in [-0.15, -0.1) is 0 Å². The van der Waals surface area contributed by atoms with Crippen molar-refractivity contribution in [1.82, 2.24) is 4.98 Å². The second-order valence-corrected chi connectivity index (χ2v) is 5.15. The largest absolute Gasteiger partial charge is 0.423 e. The molecule has 2 aromatic rings. The quantitative estimate of drug-likeness (QED) is 0.366. The van der Waals surface area contributed by atoms with Crippen LogP contribution in [-0.4, -0.2) is 42.2 Å². The molecule has 8 nitrogen and oxygen atoms in total. The molecule has 0 atom stereocenters. The summed E-state index contributed by atoms with van der Waals surface area (Å²) in [7, 11) is 0. The molecule has 0 spiro atoms. The summed E-state index contributed by atoms with van der Waals surface area (Å²) in [5.41, 5.74) is 0.247. The standard InChI is InChI=1S/C16H15N3O5/c20-16(24-14-4-2-13(3-5-14)19(21)22)12-1-6-15(17-11-12)18-7-9-23-10-8-18/h1-6,11H,7-10H2. The van der Waals surface area contributed by atoms with E-state index in [2.05, 4.69) is 9.88 Å². The number of carbonyl (C=O) groups is 1. The van der Waals surface area contributed by atoms with E-state index in [1.807, 2.05) is 0 Å². The number of nitrogens with zero attached hydrogens (tertiary/aromatic N) is 3. The molecule has 0 radical (unpaired) electrons. The molecule has 0 saturated carbocycles. The number of carbonyl (C=O) groups excluding carboxylic acids is 1. The van der Waals surface area contributed by atoms with Gasteiger partial charge in [0.2, 0.25) is 0 Å². The highest BCUT2D eigenvalue weighted by Crippen LogP contribution is 2.19. The first-order valence-corrected chi connectivity index (χ1v) is 7.39. The summed E-state index contributed by atoms with van der Waals surface area (Å²) in [5.74, 6) is 0.456. The van der Waals surface area contributed by atoms with Crippen molar-refractivity contribution in [3.63, 3.8) is 0 Å². The highest BCUT2D eigenvalue weighted by Gasteiger charge is 2.15. The number of esters is 1. The van der Waals surface area contributed by atoms with Crippen LogP contribution in [0.5, 0.6) is 5.75 Å². The van der Waals surface area contributed by atoms with Crippen LogP contribution in [-0.2, 0) is 4.74 Å². The van der Waals surface area contributed by atoms with E-state index in [0.29, 0.717) is 18.8 Å². The van der Waals surface area contributed by atoms with Gasteiger partial charge in [-0.2, -0.15) is 0 Å². The smallest absolute Gasteiger partial charge is 0.345 e. The Morgan fingerprint density at radius 3 is 2.46 bits per heavy atom. The third-order valence-electron chi connectivity index (χ3n) is 3.58. The molecule has 1 saturated heterocycles. The van der Waals surface area contributed by atoms with Crippen LogP contribution in [0.1, 0.15) is 10.4 Å². The van der Waals surface area contributed by atoms with Crippen molar-refractivity contribution in [2.45, 2.75) is 0 Å². The number of pyridine rings is 1. The number of nitro benzene ring substituents is 1. The molecule has 1 aromatic heterocycles. The zero-order valence-electron chi connectivity index (χ0n) is 12.8. The SMILES string of the molecule is O=C(Oc1ccc([N+](=O)[O-])cc1)c1ccc(N2CCOCC2)nc1. The average molecular weight is 329 g/mol. The van der Waals surface area contributed by atoms with Gasteiger partial charge in [0, 0.05) is 31.4 Å². The minimum Gasteiger partial charge on any atom is -0.423 e. The van der Waals surface area contributed by atoms with E-state index in [4.69, 9.17) is 9.47 Å². The summed E-state index contributed by atoms with van der Waals surface area (Å²) in [6.45, 7) is 2.84. The molecule has 8 heteroatoms. The first-order valence-electron chi connectivity index (χ1n) is 7.39. The number of morpholine rings is 1. The summed E-state index contributed by atoms with van der Waals surface area (Å²) in [5, 5.41) is 10.6. The van der Waals surface area contributed by atoms with Gasteiger partial charge < -0.3 is 14.4 Å². The van der Waals surface area contributed by atoms with Crippen molar-refractivity contribution in [3.05, 3.63) is 58.3 Å². The van der Waals surface area contributed by atoms with E-state index < -0.39 is 10.9 Å². The first-order chi connectivity index (χ1) is 11.6. The van der Waals surface area contributed by atoms with Gasteiger partial charge >= 0.3 is 5.97 Å². The summed E-state index contributed by atoms with van der Waals surface area (Å²) < 4.78 is 10.5. The molecule has 1 aliphatic heterocycles. The lowest BCUT2D eigenvalue weighted by Crippen LogP contribution is -2.36. The number of hydrogen-bond acceptors (Lipinski definition) is 7. The first kappa shape index (κ1) is 15.9. The highest BCUT2D eigenvalue weighted by atomic mass is 16.6. The molecule has 0 aliphatic carbocycles. The molecule has 124 valence electrons. The number of nitro groups is 1. The Morgan fingerprint density at radius 2 is 1.88 bits per heavy atom. The lowest BCUT2D eigenvalue weighted by atomic mass is 10.2. The van der Waals surface area contributed by atoms with Gasteiger partial charge in [-0.1, -0.05) is 0 Å². The Kier molecular flexibility index (Phi) is 4.66. The van der Waals surface area contributed by atoms with Gasteiger partial charge in [-0.3, -0.25) is 10.1 Å². The number of benzene rings is 1. The number of rotatable bonds is 4. The molecular weight excluding hydrogens is 314 g/mol. The van der Waals surface area contributed by atoms with Gasteiger partial charge in [0.15, 0.2) is 0 Å². The predicted octanol–water partition coefficient (Wildman–Crippen LogP) is 2.05. The maximum atomic E-state index is 12.1. The van der Waals surface area contributed by atoms with Gasteiger partial charge in [-0.25, -0.2) is 9.78 Å². The van der Waals surface area contributed by atoms with Crippen LogP contribution < -0.4 is 9.64 Å². The van der Waals surface area contributed by atoms with Crippen LogP contribution in [0, 0.1) is 10.1 Å². The Bertz CT molecular complexity index is 724. The van der Waals surface area contributed by atoms with E-state index in [1.165, 1.54) is 30.5 Å². The van der Waals surface area contributed by atoms with Crippen LogP contribution in [0.3, 0.4) is 0 Å². The molecule has 1 fully saturated rings. The maximum Gasteiger partial charge on any atom is 0.345 e. The number of hydrogen-bond donors (Lipinski definition) is 0. The third kappa shape index (κ3) is 3.66. The van der Waals surface area contributed by atoms with Crippen LogP contribution in [0.2, 0.25) is 0 Å². The molecule has 0 bridgehead atoms. The zero-order chi connectivity index (χ0) is 16.9. The van der Waals surface area contributed by atoms with Crippen molar-refractivity contribution in [2.24, 2.45) is 0 Å². The van der Waals surface area contributed by atoms with Crippen LogP contribution in [0.25, 0.3) is 0 Å². The van der Waals surface area contributed by atoms with E-state index in [1.54, 1.807) is 12.1 Å². The lowest BCUT2D eigenvalue weighted by molar-refractivity contribution is -0.384. The normalized spacial score (nSPS) is 14.2. The second-order valence-electron chi connectivity index (χ2n) is 5.15. The zero-order valence-corrected chi connectivity index (χ0v) is 12.8. The monoisotopic (exact) mass is 329 g/mol. The highest BCUT2D eigenvalue weighted by molar-refractivity contribution is 5.90. The van der Waals surface area contributed by atoms with E-state index in [0.717, 1.165) is 18.9 Å². The Hall–Kier alpha value is -3.00. The van der Waals surface area contributed by atoms with Crippen molar-refractivity contribution < 1.29 is 19.2 Å². The molecule has 1 aromatic carbocycles. The molecule has 1 aliphatic rings. The molecule has 24 heavy (non-hydrogen) atoms. The van der Waals surface area contributed by atoms with Crippen molar-refractivity contribution in [3.8, 4) is 5.75 Å². The van der Waals surface area contributed by atoms with Crippen molar-refractivity contribution in [1.29, 1.82) is 0 Å². The Labute approximate surface area is 137 Å². The number of non-ortho nitro benzene ring substituents is 1. The lowest BCUT2D eigenvalue weighted by Gasteiger charge is -2.27. The minimum atomic E-state index is -0.565. The van der Waals surface area contributed by atoms with Gasteiger partial charge in [0.1, 0.15) is 11.6 Å². The average Bonchev–Trinajstić information content (AvgIpc) is 2.63.